The van der Waals surface area contributed by atoms with Crippen molar-refractivity contribution in [3.8, 4) is 0 Å². The summed E-state index contributed by atoms with van der Waals surface area (Å²) in [6.07, 6.45) is 6.93. The molecule has 0 spiro atoms. The van der Waals surface area contributed by atoms with Crippen molar-refractivity contribution in [1.29, 1.82) is 0 Å². The first-order chi connectivity index (χ1) is 9.24. The third-order valence-corrected chi connectivity index (χ3v) is 3.35. The van der Waals surface area contributed by atoms with Gasteiger partial charge in [-0.25, -0.2) is 0 Å². The van der Waals surface area contributed by atoms with E-state index in [1.807, 2.05) is 0 Å². The highest BCUT2D eigenvalue weighted by atomic mass is 16.5. The first-order valence-corrected chi connectivity index (χ1v) is 7.44. The van der Waals surface area contributed by atoms with E-state index in [-0.39, 0.29) is 5.97 Å². The van der Waals surface area contributed by atoms with Gasteiger partial charge in [0.15, 0.2) is 0 Å². The molecule has 106 valence electrons. The molecule has 19 heavy (non-hydrogen) atoms. The predicted molar refractivity (Wildman–Crippen MR) is 79.2 cm³/mol. The van der Waals surface area contributed by atoms with Gasteiger partial charge in [0.05, 0.1) is 6.61 Å². The van der Waals surface area contributed by atoms with Crippen LogP contribution in [0.3, 0.4) is 0 Å². The minimum atomic E-state index is -0.0410. The van der Waals surface area contributed by atoms with Crippen LogP contribution in [0.2, 0.25) is 0 Å². The Morgan fingerprint density at radius 2 is 1.89 bits per heavy atom. The summed E-state index contributed by atoms with van der Waals surface area (Å²) in [5, 5.41) is 0. The number of hydrogen-bond acceptors (Lipinski definition) is 2. The summed E-state index contributed by atoms with van der Waals surface area (Å²) in [6.45, 7) is 4.82. The standard InChI is InChI=1S/C17H26O2/c1-3-4-13-17(18)19-14-9-5-6-11-16-12-8-7-10-15(16)2/h7-8,10,12H,3-6,9,11,13-14H2,1-2H3. The number of rotatable bonds is 9. The molecule has 0 atom stereocenters. The fourth-order valence-electron chi connectivity index (χ4n) is 2.06. The smallest absolute Gasteiger partial charge is 0.305 e. The van der Waals surface area contributed by atoms with Crippen molar-refractivity contribution < 1.29 is 9.53 Å². The van der Waals surface area contributed by atoms with E-state index >= 15 is 0 Å². The van der Waals surface area contributed by atoms with Crippen LogP contribution in [0.25, 0.3) is 0 Å². The van der Waals surface area contributed by atoms with Crippen LogP contribution in [0.4, 0.5) is 0 Å². The fourth-order valence-corrected chi connectivity index (χ4v) is 2.06. The molecule has 0 heterocycles. The Morgan fingerprint density at radius 3 is 2.63 bits per heavy atom. The molecule has 0 aromatic heterocycles. The summed E-state index contributed by atoms with van der Waals surface area (Å²) in [6, 6.07) is 8.53. The van der Waals surface area contributed by atoms with E-state index in [1.165, 1.54) is 11.1 Å². The lowest BCUT2D eigenvalue weighted by Gasteiger charge is -2.06. The molecule has 0 saturated carbocycles. The number of carbonyl (C=O) groups is 1. The third-order valence-electron chi connectivity index (χ3n) is 3.35. The highest BCUT2D eigenvalue weighted by molar-refractivity contribution is 5.69. The summed E-state index contributed by atoms with van der Waals surface area (Å²) < 4.78 is 5.18. The maximum absolute atomic E-state index is 11.3. The minimum absolute atomic E-state index is 0.0410. The monoisotopic (exact) mass is 262 g/mol. The Hall–Kier alpha value is -1.31. The number of hydrogen-bond donors (Lipinski definition) is 0. The Bertz CT molecular complexity index is 371. The zero-order valence-corrected chi connectivity index (χ0v) is 12.3. The van der Waals surface area contributed by atoms with Gasteiger partial charge in [0.2, 0.25) is 0 Å². The van der Waals surface area contributed by atoms with Crippen molar-refractivity contribution in [3.63, 3.8) is 0 Å². The van der Waals surface area contributed by atoms with Crippen molar-refractivity contribution in [3.05, 3.63) is 35.4 Å². The van der Waals surface area contributed by atoms with Gasteiger partial charge < -0.3 is 4.74 Å². The second-order valence-electron chi connectivity index (χ2n) is 5.06. The fraction of sp³-hybridized carbons (Fsp3) is 0.588. The largest absolute Gasteiger partial charge is 0.466 e. The first-order valence-electron chi connectivity index (χ1n) is 7.44. The van der Waals surface area contributed by atoms with Crippen molar-refractivity contribution in [2.75, 3.05) is 6.61 Å². The number of ether oxygens (including phenoxy) is 1. The summed E-state index contributed by atoms with van der Waals surface area (Å²) in [4.78, 5) is 11.3. The van der Waals surface area contributed by atoms with Gasteiger partial charge >= 0.3 is 5.97 Å². The number of unbranched alkanes of at least 4 members (excludes halogenated alkanes) is 3. The summed E-state index contributed by atoms with van der Waals surface area (Å²) in [7, 11) is 0. The average molecular weight is 262 g/mol. The molecular weight excluding hydrogens is 236 g/mol. The molecule has 0 unspecified atom stereocenters. The van der Waals surface area contributed by atoms with Gasteiger partial charge in [-0.15, -0.1) is 0 Å². The molecule has 1 aromatic carbocycles. The number of benzene rings is 1. The zero-order chi connectivity index (χ0) is 13.9. The predicted octanol–water partition coefficient (Wildman–Crippen LogP) is 4.44. The SMILES string of the molecule is CCCCC(=O)OCCCCCc1ccccc1C. The quantitative estimate of drug-likeness (QED) is 0.486. The Balaban J connectivity index is 2.03. The van der Waals surface area contributed by atoms with Crippen LogP contribution in [0.1, 0.15) is 56.6 Å². The third kappa shape index (κ3) is 7.00. The molecule has 2 nitrogen and oxygen atoms in total. The second kappa shape index (κ2) is 9.60. The highest BCUT2D eigenvalue weighted by Gasteiger charge is 2.01. The van der Waals surface area contributed by atoms with Crippen LogP contribution >= 0.6 is 0 Å². The molecule has 2 heteroatoms. The Morgan fingerprint density at radius 1 is 1.11 bits per heavy atom. The van der Waals surface area contributed by atoms with E-state index < -0.39 is 0 Å². The van der Waals surface area contributed by atoms with Crippen molar-refractivity contribution in [1.82, 2.24) is 0 Å². The van der Waals surface area contributed by atoms with Crippen LogP contribution in [-0.4, -0.2) is 12.6 Å². The van der Waals surface area contributed by atoms with Crippen molar-refractivity contribution in [2.24, 2.45) is 0 Å². The van der Waals surface area contributed by atoms with Crippen LogP contribution < -0.4 is 0 Å². The highest BCUT2D eigenvalue weighted by Crippen LogP contribution is 2.11. The molecule has 0 aliphatic heterocycles. The summed E-state index contributed by atoms with van der Waals surface area (Å²) in [5.41, 5.74) is 2.80. The Labute approximate surface area is 117 Å². The Kier molecular flexibility index (Phi) is 7.95. The van der Waals surface area contributed by atoms with Crippen LogP contribution in [0, 0.1) is 6.92 Å². The van der Waals surface area contributed by atoms with Crippen molar-refractivity contribution in [2.45, 2.75) is 58.8 Å². The van der Waals surface area contributed by atoms with E-state index in [0.29, 0.717) is 13.0 Å². The van der Waals surface area contributed by atoms with Gasteiger partial charge in [0.25, 0.3) is 0 Å². The normalized spacial score (nSPS) is 10.4. The molecule has 0 aliphatic rings. The zero-order valence-electron chi connectivity index (χ0n) is 12.3. The molecule has 0 radical (unpaired) electrons. The lowest BCUT2D eigenvalue weighted by Crippen LogP contribution is -2.05. The number of aryl methyl sites for hydroxylation is 2. The average Bonchev–Trinajstić information content (AvgIpc) is 2.42. The van der Waals surface area contributed by atoms with Gasteiger partial charge in [-0.2, -0.15) is 0 Å². The first kappa shape index (κ1) is 15.7. The molecule has 1 rings (SSSR count). The molecule has 0 bridgehead atoms. The maximum atomic E-state index is 11.3. The van der Waals surface area contributed by atoms with E-state index in [0.717, 1.165) is 38.5 Å². The summed E-state index contributed by atoms with van der Waals surface area (Å²) in [5.74, 6) is -0.0410. The lowest BCUT2D eigenvalue weighted by molar-refractivity contribution is -0.143. The second-order valence-corrected chi connectivity index (χ2v) is 5.06. The molecule has 0 amide bonds. The van der Waals surface area contributed by atoms with Gasteiger partial charge in [-0.05, 0) is 50.2 Å². The molecule has 0 fully saturated rings. The van der Waals surface area contributed by atoms with Gasteiger partial charge in [-0.1, -0.05) is 37.6 Å². The van der Waals surface area contributed by atoms with Crippen LogP contribution in [0.15, 0.2) is 24.3 Å². The molecule has 0 saturated heterocycles. The van der Waals surface area contributed by atoms with Gasteiger partial charge in [0.1, 0.15) is 0 Å². The van der Waals surface area contributed by atoms with E-state index in [4.69, 9.17) is 4.74 Å². The van der Waals surface area contributed by atoms with E-state index in [9.17, 15) is 4.79 Å². The number of carbonyl (C=O) groups excluding carboxylic acids is 1. The van der Waals surface area contributed by atoms with E-state index in [1.54, 1.807) is 0 Å². The topological polar surface area (TPSA) is 26.3 Å². The maximum Gasteiger partial charge on any atom is 0.305 e. The van der Waals surface area contributed by atoms with Gasteiger partial charge in [0, 0.05) is 6.42 Å². The molecule has 0 N–H and O–H groups in total. The minimum Gasteiger partial charge on any atom is -0.466 e. The molecule has 0 aliphatic carbocycles. The lowest BCUT2D eigenvalue weighted by atomic mass is 10.0. The summed E-state index contributed by atoms with van der Waals surface area (Å²) >= 11 is 0. The van der Waals surface area contributed by atoms with Crippen LogP contribution in [0.5, 0.6) is 0 Å². The molecular formula is C17H26O2. The van der Waals surface area contributed by atoms with Gasteiger partial charge in [-0.3, -0.25) is 4.79 Å². The van der Waals surface area contributed by atoms with Crippen LogP contribution in [-0.2, 0) is 16.0 Å². The molecule has 1 aromatic rings. The van der Waals surface area contributed by atoms with E-state index in [2.05, 4.69) is 38.1 Å². The van der Waals surface area contributed by atoms with Crippen molar-refractivity contribution >= 4 is 5.97 Å². The number of esters is 1.